The zero-order valence-electron chi connectivity index (χ0n) is 37.5. The van der Waals surface area contributed by atoms with Gasteiger partial charge in [-0.25, -0.2) is 0 Å². The van der Waals surface area contributed by atoms with E-state index in [1.807, 2.05) is 107 Å². The van der Waals surface area contributed by atoms with Gasteiger partial charge in [0.05, 0.1) is 44.9 Å². The Morgan fingerprint density at radius 3 is 1.95 bits per heavy atom. The summed E-state index contributed by atoms with van der Waals surface area (Å²) in [6, 6.07) is 48.7. The van der Waals surface area contributed by atoms with Gasteiger partial charge in [-0.1, -0.05) is 103 Å². The molecule has 318 valence electrons. The molecule has 3 aliphatic rings. The van der Waals surface area contributed by atoms with Gasteiger partial charge in [-0.3, -0.25) is 30.8 Å². The minimum absolute atomic E-state index is 0.00626. The molecule has 1 aromatic heterocycles. The van der Waals surface area contributed by atoms with Crippen molar-refractivity contribution in [1.82, 2.24) is 4.57 Å². The molecule has 6 aromatic carbocycles. The largest absolute Gasteiger partial charge is 0.309 e. The molecule has 0 saturated heterocycles. The van der Waals surface area contributed by atoms with Crippen LogP contribution in [0.2, 0.25) is 0 Å². The molecule has 10 rings (SSSR count). The van der Waals surface area contributed by atoms with Crippen molar-refractivity contribution in [2.24, 2.45) is 20.0 Å². The van der Waals surface area contributed by atoms with Crippen LogP contribution in [-0.2, 0) is 0 Å². The fourth-order valence-electron chi connectivity index (χ4n) is 9.13. The van der Waals surface area contributed by atoms with E-state index in [-0.39, 0.29) is 17.8 Å². The first-order valence-corrected chi connectivity index (χ1v) is 22.3. The number of nitrogens with one attached hydrogen (secondary N) is 2. The Morgan fingerprint density at radius 2 is 1.22 bits per heavy atom. The van der Waals surface area contributed by atoms with Gasteiger partial charge in [0.2, 0.25) is 0 Å². The predicted octanol–water partition coefficient (Wildman–Crippen LogP) is 12.1. The van der Waals surface area contributed by atoms with Gasteiger partial charge in [-0.15, -0.1) is 0 Å². The predicted molar refractivity (Wildman–Crippen MR) is 271 cm³/mol. The standard InChI is InChI=1S/C57H50N8/c1-35(2)60-46-21-15-23-49(53(46)59)65(50-32-29-42(38-16-9-7-10-17-38)52(58)55(50)61-36(3)4)51-33-30-43(54-56(51)63-57(5,6)62-54)39-26-24-37(25-27-39)40-28-31-48-45(34-40)44-20-13-14-22-47(44)64(48)41-18-11-8-12-19-41/h7-36,58-59H,1-6H3. The van der Waals surface area contributed by atoms with Gasteiger partial charge in [0.25, 0.3) is 0 Å². The maximum atomic E-state index is 9.65. The van der Waals surface area contributed by atoms with Gasteiger partial charge >= 0.3 is 0 Å². The lowest BCUT2D eigenvalue weighted by molar-refractivity contribution is 0.549. The molecule has 2 N–H and O–H groups in total. The SMILES string of the molecule is CC(C)N=C1C=CC=C(N(C2=CC=C(c3ccccc3)C(=N)C2=NC(C)C)c2ccc(-c3ccc(-c4ccc5c(c4)c4ccccc4n5-c4ccccc4)cc3)c3c2=NC(C)(C)N=3)C1=N. The highest BCUT2D eigenvalue weighted by Crippen LogP contribution is 2.37. The van der Waals surface area contributed by atoms with Crippen LogP contribution in [-0.4, -0.2) is 45.2 Å². The van der Waals surface area contributed by atoms with Crippen LogP contribution in [0.5, 0.6) is 0 Å². The van der Waals surface area contributed by atoms with E-state index >= 15 is 0 Å². The van der Waals surface area contributed by atoms with Crippen LogP contribution >= 0.6 is 0 Å². The average molecular weight is 847 g/mol. The van der Waals surface area contributed by atoms with Gasteiger partial charge in [0.15, 0.2) is 0 Å². The molecule has 0 saturated carbocycles. The molecule has 7 aromatic rings. The second-order valence-corrected chi connectivity index (χ2v) is 17.7. The van der Waals surface area contributed by atoms with Crippen molar-refractivity contribution >= 4 is 55.9 Å². The number of hydrogen-bond acceptors (Lipinski definition) is 7. The van der Waals surface area contributed by atoms with Crippen LogP contribution in [0.25, 0.3) is 55.3 Å². The van der Waals surface area contributed by atoms with Crippen molar-refractivity contribution in [2.45, 2.75) is 59.3 Å². The van der Waals surface area contributed by atoms with Gasteiger partial charge in [-0.2, -0.15) is 0 Å². The van der Waals surface area contributed by atoms with Crippen molar-refractivity contribution in [3.8, 4) is 27.9 Å². The van der Waals surface area contributed by atoms with Gasteiger partial charge < -0.3 is 9.47 Å². The second kappa shape index (κ2) is 16.4. The third kappa shape index (κ3) is 7.50. The molecule has 8 heteroatoms. The molecular formula is C57H50N8. The Kier molecular flexibility index (Phi) is 10.4. The van der Waals surface area contributed by atoms with E-state index < -0.39 is 5.66 Å². The Labute approximate surface area is 379 Å². The summed E-state index contributed by atoms with van der Waals surface area (Å²) in [4.78, 5) is 22.6. The normalized spacial score (nSPS) is 16.8. The molecule has 1 aliphatic heterocycles. The molecule has 0 amide bonds. The molecule has 2 heterocycles. The number of para-hydroxylation sites is 2. The highest BCUT2D eigenvalue weighted by Gasteiger charge is 2.34. The number of aromatic nitrogens is 1. The molecule has 0 atom stereocenters. The van der Waals surface area contributed by atoms with Gasteiger partial charge in [-0.05, 0) is 131 Å². The molecule has 0 spiro atoms. The van der Waals surface area contributed by atoms with Crippen LogP contribution < -0.4 is 15.6 Å². The summed E-state index contributed by atoms with van der Waals surface area (Å²) in [5.74, 6) is 0. The lowest BCUT2D eigenvalue weighted by atomic mass is 9.90. The van der Waals surface area contributed by atoms with E-state index in [2.05, 4.69) is 114 Å². The van der Waals surface area contributed by atoms with Crippen LogP contribution in [0.4, 0.5) is 5.69 Å². The van der Waals surface area contributed by atoms with Crippen molar-refractivity contribution in [3.05, 3.63) is 198 Å². The first kappa shape index (κ1) is 41.2. The number of rotatable bonds is 9. The van der Waals surface area contributed by atoms with E-state index in [1.54, 1.807) is 0 Å². The number of benzene rings is 6. The summed E-state index contributed by atoms with van der Waals surface area (Å²) in [5, 5.41) is 23.2. The smallest absolute Gasteiger partial charge is 0.146 e. The Morgan fingerprint density at radius 1 is 0.569 bits per heavy atom. The maximum absolute atomic E-state index is 9.65. The highest BCUT2D eigenvalue weighted by molar-refractivity contribution is 6.63. The summed E-state index contributed by atoms with van der Waals surface area (Å²) < 4.78 is 2.34. The highest BCUT2D eigenvalue weighted by atomic mass is 15.2. The molecule has 0 fully saturated rings. The summed E-state index contributed by atoms with van der Waals surface area (Å²) in [6.45, 7) is 12.1. The van der Waals surface area contributed by atoms with Crippen molar-refractivity contribution in [1.29, 1.82) is 10.8 Å². The monoisotopic (exact) mass is 846 g/mol. The van der Waals surface area contributed by atoms with Crippen LogP contribution in [0.1, 0.15) is 47.1 Å². The van der Waals surface area contributed by atoms with Crippen molar-refractivity contribution < 1.29 is 0 Å². The number of aliphatic imine (C=N–C) groups is 2. The summed E-state index contributed by atoms with van der Waals surface area (Å²) >= 11 is 0. The number of anilines is 1. The molecule has 8 nitrogen and oxygen atoms in total. The topological polar surface area (TPSA) is 105 Å². The van der Waals surface area contributed by atoms with E-state index in [0.717, 1.165) is 55.5 Å². The molecule has 0 radical (unpaired) electrons. The quantitative estimate of drug-likeness (QED) is 0.139. The Bertz CT molecular complexity index is 3410. The molecule has 0 bridgehead atoms. The van der Waals surface area contributed by atoms with E-state index in [4.69, 9.17) is 20.0 Å². The summed E-state index contributed by atoms with van der Waals surface area (Å²) in [5.41, 5.74) is 12.5. The number of allylic oxidation sites excluding steroid dienone is 8. The molecule has 2 aliphatic carbocycles. The number of nitrogens with zero attached hydrogens (tertiary/aromatic N) is 6. The molecular weight excluding hydrogens is 797 g/mol. The van der Waals surface area contributed by atoms with Crippen molar-refractivity contribution in [2.75, 3.05) is 4.90 Å². The summed E-state index contributed by atoms with van der Waals surface area (Å²) in [7, 11) is 0. The van der Waals surface area contributed by atoms with E-state index in [9.17, 15) is 10.8 Å². The third-order valence-corrected chi connectivity index (χ3v) is 11.9. The first-order chi connectivity index (χ1) is 31.5. The fourth-order valence-corrected chi connectivity index (χ4v) is 9.13. The minimum atomic E-state index is -0.741. The molecule has 65 heavy (non-hydrogen) atoms. The van der Waals surface area contributed by atoms with Crippen LogP contribution in [0.3, 0.4) is 0 Å². The second-order valence-electron chi connectivity index (χ2n) is 17.7. The van der Waals surface area contributed by atoms with Gasteiger partial charge in [0.1, 0.15) is 22.4 Å². The number of fused-ring (bicyclic) bond motifs is 4. The van der Waals surface area contributed by atoms with Gasteiger partial charge in [0, 0.05) is 39.7 Å². The molecule has 0 unspecified atom stereocenters. The lowest BCUT2D eigenvalue weighted by Gasteiger charge is -2.34. The minimum Gasteiger partial charge on any atom is -0.309 e. The summed E-state index contributed by atoms with van der Waals surface area (Å²) in [6.07, 6.45) is 9.80. The zero-order chi connectivity index (χ0) is 45.0. The van der Waals surface area contributed by atoms with E-state index in [0.29, 0.717) is 28.5 Å². The maximum Gasteiger partial charge on any atom is 0.146 e. The zero-order valence-corrected chi connectivity index (χ0v) is 37.5. The Balaban J connectivity index is 1.10. The Hall–Kier alpha value is -7.84. The fraction of sp³-hybridized carbons (Fsp3) is 0.158. The average Bonchev–Trinajstić information content (AvgIpc) is 3.82. The third-order valence-electron chi connectivity index (χ3n) is 11.9. The first-order valence-electron chi connectivity index (χ1n) is 22.3. The van der Waals surface area contributed by atoms with E-state index in [1.165, 1.54) is 21.8 Å². The number of hydrogen-bond donors (Lipinski definition) is 2. The van der Waals surface area contributed by atoms with Crippen LogP contribution in [0.15, 0.2) is 201 Å². The van der Waals surface area contributed by atoms with Crippen molar-refractivity contribution in [3.63, 3.8) is 0 Å². The lowest BCUT2D eigenvalue weighted by Crippen LogP contribution is -2.42. The van der Waals surface area contributed by atoms with Crippen LogP contribution in [0, 0.1) is 10.8 Å².